The van der Waals surface area contributed by atoms with Crippen LogP contribution in [0, 0.1) is 0 Å². The van der Waals surface area contributed by atoms with Crippen LogP contribution < -0.4 is 16.4 Å². The second-order valence-electron chi connectivity index (χ2n) is 4.54. The molecule has 0 aliphatic heterocycles. The molecule has 0 atom stereocenters. The summed E-state index contributed by atoms with van der Waals surface area (Å²) in [5, 5.41) is 6.04. The van der Waals surface area contributed by atoms with Crippen molar-refractivity contribution in [2.45, 2.75) is 13.3 Å². The highest BCUT2D eigenvalue weighted by Crippen LogP contribution is 2.23. The van der Waals surface area contributed by atoms with Gasteiger partial charge in [-0.2, -0.15) is 0 Å². The first-order chi connectivity index (χ1) is 10.1. The molecule has 1 heterocycles. The Morgan fingerprint density at radius 2 is 2.14 bits per heavy atom. The first-order valence-corrected chi connectivity index (χ1v) is 7.95. The number of benzene rings is 1. The molecule has 1 aromatic heterocycles. The molecule has 0 radical (unpaired) electrons. The van der Waals surface area contributed by atoms with E-state index in [1.54, 1.807) is 29.5 Å². The number of nitrogens with one attached hydrogen (secondary N) is 2. The zero-order valence-corrected chi connectivity index (χ0v) is 13.4. The fraction of sp³-hybridized carbons (Fsp3) is 0.267. The normalized spacial score (nSPS) is 10.4. The molecule has 0 bridgehead atoms. The largest absolute Gasteiger partial charge is 0.397 e. The number of carbonyl (C=O) groups is 1. The van der Waals surface area contributed by atoms with Crippen molar-refractivity contribution in [1.82, 2.24) is 5.32 Å². The molecule has 4 nitrogen and oxygen atoms in total. The lowest BCUT2D eigenvalue weighted by atomic mass is 10.1. The average molecular weight is 324 g/mol. The summed E-state index contributed by atoms with van der Waals surface area (Å²) in [4.78, 5) is 13.0. The highest BCUT2D eigenvalue weighted by atomic mass is 35.5. The van der Waals surface area contributed by atoms with Gasteiger partial charge in [0.1, 0.15) is 0 Å². The molecule has 6 heteroatoms. The maximum absolute atomic E-state index is 11.8. The zero-order valence-electron chi connectivity index (χ0n) is 11.8. The van der Waals surface area contributed by atoms with Gasteiger partial charge < -0.3 is 16.4 Å². The molecular formula is C15H18ClN3OS. The number of amides is 1. The summed E-state index contributed by atoms with van der Waals surface area (Å²) in [7, 11) is 0. The molecule has 0 aliphatic carbocycles. The minimum absolute atomic E-state index is 0.0920. The van der Waals surface area contributed by atoms with E-state index in [-0.39, 0.29) is 5.91 Å². The Bertz CT molecular complexity index is 627. The standard InChI is InChI=1S/C15H18ClN3OS/c1-2-18-15(20)10-3-5-12(17)13(9-10)19-8-7-11-4-6-14(16)21-11/h3-6,9,19H,2,7-8,17H2,1H3,(H,18,20). The Kier molecular flexibility index (Phi) is 5.47. The van der Waals surface area contributed by atoms with Crippen molar-refractivity contribution in [2.24, 2.45) is 0 Å². The number of halogens is 1. The van der Waals surface area contributed by atoms with Gasteiger partial charge in [-0.25, -0.2) is 0 Å². The third kappa shape index (κ3) is 4.37. The quantitative estimate of drug-likeness (QED) is 0.714. The van der Waals surface area contributed by atoms with Gasteiger partial charge in [-0.05, 0) is 43.7 Å². The van der Waals surface area contributed by atoms with Crippen molar-refractivity contribution in [3.63, 3.8) is 0 Å². The molecule has 0 saturated heterocycles. The van der Waals surface area contributed by atoms with Gasteiger partial charge >= 0.3 is 0 Å². The second kappa shape index (κ2) is 7.33. The summed E-state index contributed by atoms with van der Waals surface area (Å²) in [6.45, 7) is 3.23. The Hall–Kier alpha value is -1.72. The fourth-order valence-corrected chi connectivity index (χ4v) is 3.01. The van der Waals surface area contributed by atoms with Gasteiger partial charge in [0, 0.05) is 23.5 Å². The third-order valence-electron chi connectivity index (χ3n) is 2.97. The van der Waals surface area contributed by atoms with Gasteiger partial charge in [0.2, 0.25) is 0 Å². The predicted octanol–water partition coefficient (Wildman–Crippen LogP) is 3.39. The van der Waals surface area contributed by atoms with Crippen LogP contribution in [-0.4, -0.2) is 19.0 Å². The first kappa shape index (κ1) is 15.7. The van der Waals surface area contributed by atoms with E-state index in [4.69, 9.17) is 17.3 Å². The van der Waals surface area contributed by atoms with Crippen molar-refractivity contribution in [3.8, 4) is 0 Å². The number of nitrogens with two attached hydrogens (primary N) is 1. The lowest BCUT2D eigenvalue weighted by Gasteiger charge is -2.11. The smallest absolute Gasteiger partial charge is 0.251 e. The van der Waals surface area contributed by atoms with Gasteiger partial charge in [0.05, 0.1) is 15.7 Å². The van der Waals surface area contributed by atoms with E-state index in [0.717, 1.165) is 23.0 Å². The van der Waals surface area contributed by atoms with Crippen LogP contribution >= 0.6 is 22.9 Å². The summed E-state index contributed by atoms with van der Waals surface area (Å²) < 4.78 is 0.794. The van der Waals surface area contributed by atoms with Crippen molar-refractivity contribution < 1.29 is 4.79 Å². The van der Waals surface area contributed by atoms with Crippen molar-refractivity contribution in [1.29, 1.82) is 0 Å². The van der Waals surface area contributed by atoms with Crippen LogP contribution in [0.2, 0.25) is 4.34 Å². The number of carbonyl (C=O) groups excluding carboxylic acids is 1. The number of hydrogen-bond donors (Lipinski definition) is 3. The summed E-state index contributed by atoms with van der Waals surface area (Å²) in [5.41, 5.74) is 7.95. The minimum atomic E-state index is -0.0920. The van der Waals surface area contributed by atoms with Crippen LogP contribution in [0.1, 0.15) is 22.2 Å². The molecule has 4 N–H and O–H groups in total. The minimum Gasteiger partial charge on any atom is -0.397 e. The third-order valence-corrected chi connectivity index (χ3v) is 4.26. The van der Waals surface area contributed by atoms with Crippen molar-refractivity contribution in [2.75, 3.05) is 24.1 Å². The lowest BCUT2D eigenvalue weighted by Crippen LogP contribution is -2.22. The molecule has 21 heavy (non-hydrogen) atoms. The van der Waals surface area contributed by atoms with Crippen molar-refractivity contribution in [3.05, 3.63) is 45.1 Å². The summed E-state index contributed by atoms with van der Waals surface area (Å²) >= 11 is 7.47. The number of thiophene rings is 1. The number of rotatable bonds is 6. The average Bonchev–Trinajstić information content (AvgIpc) is 2.87. The molecular weight excluding hydrogens is 306 g/mol. The predicted molar refractivity (Wildman–Crippen MR) is 90.4 cm³/mol. The van der Waals surface area contributed by atoms with Crippen LogP contribution in [0.3, 0.4) is 0 Å². The monoisotopic (exact) mass is 323 g/mol. The Labute approximate surface area is 133 Å². The Balaban J connectivity index is 1.98. The topological polar surface area (TPSA) is 67.2 Å². The molecule has 1 aromatic carbocycles. The molecule has 0 aliphatic rings. The van der Waals surface area contributed by atoms with Crippen LogP contribution in [0.25, 0.3) is 0 Å². The number of hydrogen-bond acceptors (Lipinski definition) is 4. The van der Waals surface area contributed by atoms with E-state index in [1.165, 1.54) is 4.88 Å². The van der Waals surface area contributed by atoms with Crippen LogP contribution in [0.4, 0.5) is 11.4 Å². The van der Waals surface area contributed by atoms with E-state index >= 15 is 0 Å². The van der Waals surface area contributed by atoms with E-state index < -0.39 is 0 Å². The molecule has 1 amide bonds. The fourth-order valence-electron chi connectivity index (χ4n) is 1.92. The Morgan fingerprint density at radius 3 is 2.81 bits per heavy atom. The maximum Gasteiger partial charge on any atom is 0.251 e. The lowest BCUT2D eigenvalue weighted by molar-refractivity contribution is 0.0956. The van der Waals surface area contributed by atoms with Crippen LogP contribution in [0.5, 0.6) is 0 Å². The molecule has 2 rings (SSSR count). The van der Waals surface area contributed by atoms with Crippen LogP contribution in [-0.2, 0) is 6.42 Å². The number of nitrogen functional groups attached to an aromatic ring is 1. The molecule has 0 saturated carbocycles. The van der Waals surface area contributed by atoms with E-state index in [0.29, 0.717) is 17.8 Å². The van der Waals surface area contributed by atoms with Gasteiger partial charge in [-0.3, -0.25) is 4.79 Å². The van der Waals surface area contributed by atoms with E-state index in [1.807, 2.05) is 19.1 Å². The van der Waals surface area contributed by atoms with E-state index in [2.05, 4.69) is 10.6 Å². The highest BCUT2D eigenvalue weighted by molar-refractivity contribution is 7.16. The Morgan fingerprint density at radius 1 is 1.33 bits per heavy atom. The molecule has 0 fully saturated rings. The van der Waals surface area contributed by atoms with E-state index in [9.17, 15) is 4.79 Å². The van der Waals surface area contributed by atoms with Gasteiger partial charge in [0.15, 0.2) is 0 Å². The maximum atomic E-state index is 11.8. The molecule has 0 unspecified atom stereocenters. The molecule has 112 valence electrons. The van der Waals surface area contributed by atoms with Gasteiger partial charge in [-0.15, -0.1) is 11.3 Å². The van der Waals surface area contributed by atoms with Crippen molar-refractivity contribution >= 4 is 40.2 Å². The summed E-state index contributed by atoms with van der Waals surface area (Å²) in [6, 6.07) is 9.16. The summed E-state index contributed by atoms with van der Waals surface area (Å²) in [5.74, 6) is -0.0920. The van der Waals surface area contributed by atoms with Gasteiger partial charge in [0.25, 0.3) is 5.91 Å². The highest BCUT2D eigenvalue weighted by Gasteiger charge is 2.07. The van der Waals surface area contributed by atoms with Gasteiger partial charge in [-0.1, -0.05) is 11.6 Å². The van der Waals surface area contributed by atoms with Crippen LogP contribution in [0.15, 0.2) is 30.3 Å². The first-order valence-electron chi connectivity index (χ1n) is 6.76. The summed E-state index contributed by atoms with van der Waals surface area (Å²) in [6.07, 6.45) is 0.863. The zero-order chi connectivity index (χ0) is 15.2. The molecule has 2 aromatic rings. The SMILES string of the molecule is CCNC(=O)c1ccc(N)c(NCCc2ccc(Cl)s2)c1. The second-order valence-corrected chi connectivity index (χ2v) is 6.34. The number of anilines is 2. The molecule has 0 spiro atoms.